The van der Waals surface area contributed by atoms with E-state index in [0.717, 1.165) is 23.5 Å². The molecular weight excluding hydrogens is 368 g/mol. The molecular formula is C12H18Br2O4. The van der Waals surface area contributed by atoms with Crippen LogP contribution in [0.25, 0.3) is 0 Å². The highest BCUT2D eigenvalue weighted by Gasteiger charge is 2.19. The second kappa shape index (κ2) is 10.6. The Morgan fingerprint density at radius 3 is 1.28 bits per heavy atom. The molecule has 0 amide bonds. The lowest BCUT2D eigenvalue weighted by Crippen LogP contribution is -2.12. The van der Waals surface area contributed by atoms with Crippen LogP contribution in [0.1, 0.15) is 38.5 Å². The summed E-state index contributed by atoms with van der Waals surface area (Å²) in [6, 6.07) is 0. The van der Waals surface area contributed by atoms with Crippen molar-refractivity contribution in [1.82, 2.24) is 0 Å². The fraction of sp³-hybridized carbons (Fsp3) is 0.667. The van der Waals surface area contributed by atoms with Gasteiger partial charge in [-0.15, -0.1) is 0 Å². The van der Waals surface area contributed by atoms with Gasteiger partial charge in [-0.05, 0) is 38.5 Å². The first-order valence-corrected chi connectivity index (χ1v) is 8.09. The maximum Gasteiger partial charge on any atom is 0.332 e. The molecule has 2 N–H and O–H groups in total. The van der Waals surface area contributed by atoms with Gasteiger partial charge >= 0.3 is 11.9 Å². The van der Waals surface area contributed by atoms with E-state index in [1.54, 1.807) is 0 Å². The summed E-state index contributed by atoms with van der Waals surface area (Å²) in [5.41, 5.74) is 0.107. The van der Waals surface area contributed by atoms with Gasteiger partial charge in [0.15, 0.2) is 0 Å². The average Bonchev–Trinajstić information content (AvgIpc) is 2.31. The molecule has 18 heavy (non-hydrogen) atoms. The minimum absolute atomic E-state index is 0.0537. The molecule has 6 heteroatoms. The number of unbranched alkanes of at least 4 members (excludes halogenated alkanes) is 2. The Bertz CT molecular complexity index is 283. The predicted molar refractivity (Wildman–Crippen MR) is 77.6 cm³/mol. The molecule has 0 aromatic carbocycles. The lowest BCUT2D eigenvalue weighted by atomic mass is 9.98. The van der Waals surface area contributed by atoms with Crippen LogP contribution in [-0.4, -0.2) is 32.8 Å². The van der Waals surface area contributed by atoms with E-state index in [1.165, 1.54) is 0 Å². The summed E-state index contributed by atoms with van der Waals surface area (Å²) >= 11 is 6.54. The maximum absolute atomic E-state index is 11.1. The summed E-state index contributed by atoms with van der Waals surface area (Å²) in [6.07, 6.45) is 3.67. The van der Waals surface area contributed by atoms with Gasteiger partial charge in [-0.2, -0.15) is 0 Å². The summed E-state index contributed by atoms with van der Waals surface area (Å²) < 4.78 is 0. The molecule has 0 fully saturated rings. The Labute approximate surface area is 124 Å². The molecule has 0 aliphatic carbocycles. The smallest absolute Gasteiger partial charge is 0.332 e. The maximum atomic E-state index is 11.1. The van der Waals surface area contributed by atoms with Crippen molar-refractivity contribution in [2.45, 2.75) is 38.5 Å². The van der Waals surface area contributed by atoms with Crippen LogP contribution < -0.4 is 0 Å². The zero-order chi connectivity index (χ0) is 14.0. The Balaban J connectivity index is 4.80. The molecule has 0 aliphatic heterocycles. The highest BCUT2D eigenvalue weighted by atomic mass is 79.9. The number of carbonyl (C=O) groups is 2. The van der Waals surface area contributed by atoms with E-state index < -0.39 is 11.9 Å². The Morgan fingerprint density at radius 2 is 1.06 bits per heavy atom. The standard InChI is InChI=1S/C12H18Br2O4/c13-7-3-1-5-9(11(15)16)10(12(17)18)6-2-4-8-14/h1-8H2,(H,15,16)(H,17,18)/b10-9+. The van der Waals surface area contributed by atoms with Crippen LogP contribution >= 0.6 is 31.9 Å². The first-order valence-electron chi connectivity index (χ1n) is 5.85. The van der Waals surface area contributed by atoms with Crippen molar-refractivity contribution >= 4 is 43.8 Å². The molecule has 0 rings (SSSR count). The predicted octanol–water partition coefficient (Wildman–Crippen LogP) is 3.58. The normalized spacial score (nSPS) is 12.1. The Hall–Kier alpha value is -0.360. The van der Waals surface area contributed by atoms with E-state index in [0.29, 0.717) is 25.7 Å². The van der Waals surface area contributed by atoms with Gasteiger partial charge < -0.3 is 10.2 Å². The number of hydrogen-bond acceptors (Lipinski definition) is 2. The third-order valence-electron chi connectivity index (χ3n) is 2.50. The number of halogens is 2. The van der Waals surface area contributed by atoms with E-state index in [-0.39, 0.29) is 11.1 Å². The zero-order valence-electron chi connectivity index (χ0n) is 10.1. The lowest BCUT2D eigenvalue weighted by Gasteiger charge is -2.08. The number of carboxylic acid groups (broad SMARTS) is 2. The van der Waals surface area contributed by atoms with E-state index in [1.807, 2.05) is 0 Å². The molecule has 0 saturated heterocycles. The van der Waals surface area contributed by atoms with Crippen molar-refractivity contribution in [3.63, 3.8) is 0 Å². The summed E-state index contributed by atoms with van der Waals surface area (Å²) in [7, 11) is 0. The van der Waals surface area contributed by atoms with E-state index in [4.69, 9.17) is 10.2 Å². The molecule has 0 radical (unpaired) electrons. The van der Waals surface area contributed by atoms with Gasteiger partial charge in [-0.1, -0.05) is 31.9 Å². The molecule has 0 saturated carbocycles. The van der Waals surface area contributed by atoms with Gasteiger partial charge in [0.2, 0.25) is 0 Å². The van der Waals surface area contributed by atoms with E-state index in [2.05, 4.69) is 31.9 Å². The highest BCUT2D eigenvalue weighted by molar-refractivity contribution is 9.09. The van der Waals surface area contributed by atoms with E-state index in [9.17, 15) is 9.59 Å². The third kappa shape index (κ3) is 7.16. The van der Waals surface area contributed by atoms with Crippen molar-refractivity contribution in [2.24, 2.45) is 0 Å². The molecule has 4 nitrogen and oxygen atoms in total. The van der Waals surface area contributed by atoms with Gasteiger partial charge in [0.1, 0.15) is 0 Å². The third-order valence-corrected chi connectivity index (χ3v) is 3.62. The summed E-state index contributed by atoms with van der Waals surface area (Å²) in [4.78, 5) is 22.3. The van der Waals surface area contributed by atoms with Crippen LogP contribution in [0.2, 0.25) is 0 Å². The lowest BCUT2D eigenvalue weighted by molar-refractivity contribution is -0.136. The number of alkyl halides is 2. The molecule has 0 bridgehead atoms. The van der Waals surface area contributed by atoms with Crippen LogP contribution in [0.15, 0.2) is 11.1 Å². The monoisotopic (exact) mass is 384 g/mol. The van der Waals surface area contributed by atoms with Gasteiger partial charge in [0.25, 0.3) is 0 Å². The van der Waals surface area contributed by atoms with Crippen molar-refractivity contribution in [3.05, 3.63) is 11.1 Å². The SMILES string of the molecule is O=C(O)/C(CCCCBr)=C(\CCCCBr)C(=O)O. The number of aliphatic carboxylic acids is 2. The molecule has 0 aromatic heterocycles. The molecule has 0 heterocycles. The second-order valence-corrected chi connectivity index (χ2v) is 5.45. The zero-order valence-corrected chi connectivity index (χ0v) is 13.3. The van der Waals surface area contributed by atoms with Crippen molar-refractivity contribution in [2.75, 3.05) is 10.7 Å². The minimum Gasteiger partial charge on any atom is -0.478 e. The molecule has 0 aliphatic rings. The molecule has 0 atom stereocenters. The molecule has 0 spiro atoms. The number of rotatable bonds is 10. The number of carboxylic acids is 2. The Kier molecular flexibility index (Phi) is 10.3. The van der Waals surface area contributed by atoms with Crippen LogP contribution in [-0.2, 0) is 9.59 Å². The van der Waals surface area contributed by atoms with Gasteiger partial charge in [-0.25, -0.2) is 9.59 Å². The van der Waals surface area contributed by atoms with E-state index >= 15 is 0 Å². The summed E-state index contributed by atoms with van der Waals surface area (Å²) in [5.74, 6) is -2.22. The van der Waals surface area contributed by atoms with Crippen molar-refractivity contribution in [3.8, 4) is 0 Å². The second-order valence-electron chi connectivity index (χ2n) is 3.86. The minimum atomic E-state index is -1.11. The van der Waals surface area contributed by atoms with Crippen LogP contribution in [0, 0.1) is 0 Å². The first-order chi connectivity index (χ1) is 8.54. The van der Waals surface area contributed by atoms with Gasteiger partial charge in [-0.3, -0.25) is 0 Å². The number of hydrogen-bond donors (Lipinski definition) is 2. The molecule has 104 valence electrons. The molecule has 0 unspecified atom stereocenters. The summed E-state index contributed by atoms with van der Waals surface area (Å²) in [6.45, 7) is 0. The van der Waals surface area contributed by atoms with Crippen LogP contribution in [0.3, 0.4) is 0 Å². The van der Waals surface area contributed by atoms with Crippen LogP contribution in [0.5, 0.6) is 0 Å². The van der Waals surface area contributed by atoms with Crippen molar-refractivity contribution in [1.29, 1.82) is 0 Å². The topological polar surface area (TPSA) is 74.6 Å². The van der Waals surface area contributed by atoms with Gasteiger partial charge in [0, 0.05) is 21.8 Å². The van der Waals surface area contributed by atoms with Crippen molar-refractivity contribution < 1.29 is 19.8 Å². The Morgan fingerprint density at radius 1 is 0.722 bits per heavy atom. The first kappa shape index (κ1) is 17.6. The summed E-state index contributed by atoms with van der Waals surface area (Å²) in [5, 5.41) is 19.8. The van der Waals surface area contributed by atoms with Crippen LogP contribution in [0.4, 0.5) is 0 Å². The average molecular weight is 386 g/mol. The largest absolute Gasteiger partial charge is 0.478 e. The fourth-order valence-corrected chi connectivity index (χ4v) is 2.36. The fourth-order valence-electron chi connectivity index (χ4n) is 1.57. The quantitative estimate of drug-likeness (QED) is 0.342. The van der Waals surface area contributed by atoms with Gasteiger partial charge in [0.05, 0.1) is 0 Å². The molecule has 0 aromatic rings. The highest BCUT2D eigenvalue weighted by Crippen LogP contribution is 2.19.